The van der Waals surface area contributed by atoms with Gasteiger partial charge in [-0.25, -0.2) is 4.39 Å². The van der Waals surface area contributed by atoms with Crippen molar-refractivity contribution in [1.29, 1.82) is 0 Å². The Labute approximate surface area is 291 Å². The molecule has 6 aromatic carbocycles. The van der Waals surface area contributed by atoms with Gasteiger partial charge >= 0.3 is 0 Å². The van der Waals surface area contributed by atoms with Crippen molar-refractivity contribution in [2.75, 3.05) is 0 Å². The van der Waals surface area contributed by atoms with E-state index >= 15 is 4.39 Å². The minimum absolute atomic E-state index is 0.153. The molecule has 1 aliphatic heterocycles. The van der Waals surface area contributed by atoms with E-state index in [0.29, 0.717) is 41.8 Å². The van der Waals surface area contributed by atoms with Crippen molar-refractivity contribution in [3.63, 3.8) is 0 Å². The third-order valence-electron chi connectivity index (χ3n) is 8.49. The standard InChI is InChI=1S/C43H37FO6/c44-37-25-42(49-29-33-19-11-4-12-20-33)41(48-28-32-17-9-3-10-18-32)24-35(37)43-38(45)23-36-39(47-27-31-15-7-2-8-16-31)21-34(22-40(36)50-43)46-26-30-13-5-1-6-14-30/h1-22,24-25,38,43,45H,23,26-29H2/t38-,43+/m1/s1. The summed E-state index contributed by atoms with van der Waals surface area (Å²) in [6, 6.07) is 45.5. The summed E-state index contributed by atoms with van der Waals surface area (Å²) in [7, 11) is 0. The van der Waals surface area contributed by atoms with Gasteiger partial charge in [0.05, 0.1) is 6.10 Å². The van der Waals surface area contributed by atoms with E-state index in [1.165, 1.54) is 6.07 Å². The summed E-state index contributed by atoms with van der Waals surface area (Å²) in [5.74, 6) is 1.53. The summed E-state index contributed by atoms with van der Waals surface area (Å²) in [5, 5.41) is 11.5. The van der Waals surface area contributed by atoms with Crippen LogP contribution in [-0.4, -0.2) is 11.2 Å². The molecule has 0 saturated heterocycles. The fourth-order valence-corrected chi connectivity index (χ4v) is 5.86. The lowest BCUT2D eigenvalue weighted by molar-refractivity contribution is 0.0172. The van der Waals surface area contributed by atoms with E-state index in [9.17, 15) is 5.11 Å². The predicted molar refractivity (Wildman–Crippen MR) is 189 cm³/mol. The lowest BCUT2D eigenvalue weighted by Crippen LogP contribution is -2.31. The van der Waals surface area contributed by atoms with E-state index in [1.54, 1.807) is 12.1 Å². The minimum atomic E-state index is -1.08. The number of aliphatic hydroxyl groups excluding tert-OH is 1. The summed E-state index contributed by atoms with van der Waals surface area (Å²) >= 11 is 0. The maximum absolute atomic E-state index is 16.1. The van der Waals surface area contributed by atoms with Crippen LogP contribution in [0.2, 0.25) is 0 Å². The molecule has 0 unspecified atom stereocenters. The smallest absolute Gasteiger partial charge is 0.164 e. The van der Waals surface area contributed by atoms with Gasteiger partial charge in [0, 0.05) is 35.7 Å². The molecule has 1 aliphatic rings. The highest BCUT2D eigenvalue weighted by molar-refractivity contribution is 5.54. The van der Waals surface area contributed by atoms with Gasteiger partial charge in [-0.05, 0) is 28.3 Å². The zero-order valence-electron chi connectivity index (χ0n) is 27.4. The lowest BCUT2D eigenvalue weighted by Gasteiger charge is -2.32. The summed E-state index contributed by atoms with van der Waals surface area (Å²) in [4.78, 5) is 0. The fourth-order valence-electron chi connectivity index (χ4n) is 5.86. The summed E-state index contributed by atoms with van der Waals surface area (Å²) in [5.41, 5.74) is 4.71. The van der Waals surface area contributed by atoms with E-state index in [4.69, 9.17) is 23.7 Å². The molecule has 0 radical (unpaired) electrons. The molecule has 7 rings (SSSR count). The van der Waals surface area contributed by atoms with Crippen molar-refractivity contribution in [3.8, 4) is 28.7 Å². The van der Waals surface area contributed by atoms with Gasteiger partial charge in [0.25, 0.3) is 0 Å². The molecule has 0 saturated carbocycles. The maximum atomic E-state index is 16.1. The van der Waals surface area contributed by atoms with Crippen molar-refractivity contribution in [3.05, 3.63) is 185 Å². The molecule has 7 heteroatoms. The van der Waals surface area contributed by atoms with Crippen molar-refractivity contribution in [2.45, 2.75) is 45.1 Å². The molecule has 2 atom stereocenters. The number of rotatable bonds is 13. The van der Waals surface area contributed by atoms with E-state index in [2.05, 4.69) is 0 Å². The molecule has 252 valence electrons. The second kappa shape index (κ2) is 15.6. The summed E-state index contributed by atoms with van der Waals surface area (Å²) in [6.45, 7) is 1.13. The van der Waals surface area contributed by atoms with Crippen molar-refractivity contribution in [1.82, 2.24) is 0 Å². The molecular weight excluding hydrogens is 631 g/mol. The number of hydrogen-bond acceptors (Lipinski definition) is 6. The first-order chi connectivity index (χ1) is 24.6. The predicted octanol–water partition coefficient (Wildman–Crippen LogP) is 9.18. The number of halogens is 1. The fraction of sp³-hybridized carbons (Fsp3) is 0.163. The average Bonchev–Trinajstić information content (AvgIpc) is 3.16. The monoisotopic (exact) mass is 668 g/mol. The van der Waals surface area contributed by atoms with Crippen LogP contribution < -0.4 is 23.7 Å². The van der Waals surface area contributed by atoms with Crippen LogP contribution in [0, 0.1) is 5.82 Å². The van der Waals surface area contributed by atoms with Gasteiger partial charge in [0.1, 0.15) is 49.5 Å². The van der Waals surface area contributed by atoms with Gasteiger partial charge in [0.2, 0.25) is 0 Å². The molecule has 0 aromatic heterocycles. The molecule has 6 aromatic rings. The molecule has 1 N–H and O–H groups in total. The Balaban J connectivity index is 1.19. The van der Waals surface area contributed by atoms with Gasteiger partial charge in [0.15, 0.2) is 17.6 Å². The molecule has 0 aliphatic carbocycles. The largest absolute Gasteiger partial charge is 0.489 e. The van der Waals surface area contributed by atoms with Crippen LogP contribution in [0.5, 0.6) is 28.7 Å². The van der Waals surface area contributed by atoms with Crippen molar-refractivity contribution < 1.29 is 33.2 Å². The number of ether oxygens (including phenoxy) is 5. The van der Waals surface area contributed by atoms with Crippen molar-refractivity contribution in [2.24, 2.45) is 0 Å². The molecule has 1 heterocycles. The Hall–Kier alpha value is -5.79. The zero-order valence-corrected chi connectivity index (χ0v) is 27.4. The Morgan fingerprint density at radius 1 is 0.540 bits per heavy atom. The highest BCUT2D eigenvalue weighted by Gasteiger charge is 2.35. The Kier molecular flexibility index (Phi) is 10.2. The highest BCUT2D eigenvalue weighted by atomic mass is 19.1. The summed E-state index contributed by atoms with van der Waals surface area (Å²) < 4.78 is 47.3. The first-order valence-corrected chi connectivity index (χ1v) is 16.6. The second-order valence-electron chi connectivity index (χ2n) is 12.1. The van der Waals surface area contributed by atoms with Crippen LogP contribution >= 0.6 is 0 Å². The molecule has 0 amide bonds. The van der Waals surface area contributed by atoms with Crippen LogP contribution in [0.15, 0.2) is 146 Å². The van der Waals surface area contributed by atoms with Gasteiger partial charge in [-0.3, -0.25) is 0 Å². The van der Waals surface area contributed by atoms with Crippen LogP contribution in [-0.2, 0) is 32.8 Å². The third-order valence-corrected chi connectivity index (χ3v) is 8.49. The van der Waals surface area contributed by atoms with Gasteiger partial charge < -0.3 is 28.8 Å². The quantitative estimate of drug-likeness (QED) is 0.132. The van der Waals surface area contributed by atoms with E-state index in [1.807, 2.05) is 127 Å². The lowest BCUT2D eigenvalue weighted by atomic mass is 9.93. The third kappa shape index (κ3) is 8.08. The number of aliphatic hydroxyl groups is 1. The highest BCUT2D eigenvalue weighted by Crippen LogP contribution is 2.45. The molecular formula is C43H37FO6. The van der Waals surface area contributed by atoms with Crippen LogP contribution in [0.4, 0.5) is 4.39 Å². The number of benzene rings is 6. The van der Waals surface area contributed by atoms with E-state index in [0.717, 1.165) is 22.3 Å². The molecule has 6 nitrogen and oxygen atoms in total. The average molecular weight is 669 g/mol. The SMILES string of the molecule is O[C@@H]1Cc2c(OCc3ccccc3)cc(OCc3ccccc3)cc2O[C@H]1c1cc(OCc2ccccc2)c(OCc2ccccc2)cc1F. The van der Waals surface area contributed by atoms with Gasteiger partial charge in [-0.1, -0.05) is 121 Å². The molecule has 0 bridgehead atoms. The van der Waals surface area contributed by atoms with Crippen molar-refractivity contribution >= 4 is 0 Å². The summed E-state index contributed by atoms with van der Waals surface area (Å²) in [6.07, 6.45) is -1.93. The maximum Gasteiger partial charge on any atom is 0.164 e. The van der Waals surface area contributed by atoms with Gasteiger partial charge in [-0.15, -0.1) is 0 Å². The van der Waals surface area contributed by atoms with E-state index < -0.39 is 18.0 Å². The number of hydrogen-bond donors (Lipinski definition) is 1. The van der Waals surface area contributed by atoms with Crippen LogP contribution in [0.3, 0.4) is 0 Å². The van der Waals surface area contributed by atoms with Gasteiger partial charge in [-0.2, -0.15) is 0 Å². The molecule has 50 heavy (non-hydrogen) atoms. The Bertz CT molecular complexity index is 1990. The first kappa shape index (κ1) is 32.7. The first-order valence-electron chi connectivity index (χ1n) is 16.6. The van der Waals surface area contributed by atoms with E-state index in [-0.39, 0.29) is 30.9 Å². The zero-order chi connectivity index (χ0) is 34.1. The Morgan fingerprint density at radius 3 is 1.48 bits per heavy atom. The molecule has 0 spiro atoms. The molecule has 0 fully saturated rings. The normalized spacial score (nSPS) is 15.0. The van der Waals surface area contributed by atoms with Crippen LogP contribution in [0.25, 0.3) is 0 Å². The topological polar surface area (TPSA) is 66.4 Å². The van der Waals surface area contributed by atoms with Crippen LogP contribution in [0.1, 0.15) is 39.5 Å². The number of fused-ring (bicyclic) bond motifs is 1. The minimum Gasteiger partial charge on any atom is -0.489 e. The second-order valence-corrected chi connectivity index (χ2v) is 12.1. The Morgan fingerprint density at radius 2 is 0.980 bits per heavy atom.